The standard InChI is InChI=1S/C38H51N5O6/c1-25(49-21-27-10-14-37(15-11-27)12-7-13-37)31(35(47)48)40-32(44)30-20-41(22-38(30)23-42(24-38)34(46)29-16-36(29,2)3)33(45)28-17-39-43(19-28)18-26-8-5-4-6-9-26/h4-6,8-9,17,19,25,27,29-31H,7,10-16,18,20-24H2,1-3H3,(H,40,44)(H,47,48)/t25-,29-,30+,31+/m1/s1. The van der Waals surface area contributed by atoms with Gasteiger partial charge in [0.25, 0.3) is 5.91 Å². The molecule has 2 N–H and O–H groups in total. The van der Waals surface area contributed by atoms with Gasteiger partial charge in [-0.2, -0.15) is 5.10 Å². The maximum Gasteiger partial charge on any atom is 0.328 e. The number of ether oxygens (including phenoxy) is 1. The Kier molecular flexibility index (Phi) is 8.86. The predicted octanol–water partition coefficient (Wildman–Crippen LogP) is 4.21. The molecular formula is C38H51N5O6. The molecule has 49 heavy (non-hydrogen) atoms. The van der Waals surface area contributed by atoms with Crippen LogP contribution in [0.4, 0.5) is 0 Å². The third kappa shape index (κ3) is 6.75. The van der Waals surface area contributed by atoms with E-state index in [4.69, 9.17) is 4.74 Å². The van der Waals surface area contributed by atoms with E-state index in [0.717, 1.165) is 24.8 Å². The van der Waals surface area contributed by atoms with E-state index in [2.05, 4.69) is 24.3 Å². The fourth-order valence-electron chi connectivity index (χ4n) is 8.95. The zero-order valence-corrected chi connectivity index (χ0v) is 29.1. The molecule has 11 heteroatoms. The maximum atomic E-state index is 14.0. The van der Waals surface area contributed by atoms with Crippen molar-refractivity contribution in [2.75, 3.05) is 32.8 Å². The number of carboxylic acids is 1. The molecule has 1 aromatic heterocycles. The molecular weight excluding hydrogens is 622 g/mol. The number of hydrogen-bond donors (Lipinski definition) is 2. The SMILES string of the molecule is C[C@@H](OCC1CCC2(CCC2)CC1)[C@H](NC(=O)[C@@H]1CN(C(=O)c2cnn(Cc3ccccc3)c2)CC12CN(C(=O)[C@H]1CC1(C)C)C2)C(=O)O. The van der Waals surface area contributed by atoms with Crippen molar-refractivity contribution in [2.24, 2.45) is 34.0 Å². The van der Waals surface area contributed by atoms with Gasteiger partial charge in [0.05, 0.1) is 30.3 Å². The predicted molar refractivity (Wildman–Crippen MR) is 181 cm³/mol. The molecule has 7 rings (SSSR count). The molecule has 0 unspecified atom stereocenters. The minimum absolute atomic E-state index is 0.0186. The topological polar surface area (TPSA) is 134 Å². The highest BCUT2D eigenvalue weighted by atomic mass is 16.5. The molecule has 5 fully saturated rings. The molecule has 0 bridgehead atoms. The van der Waals surface area contributed by atoms with Crippen molar-refractivity contribution in [1.29, 1.82) is 0 Å². The lowest BCUT2D eigenvalue weighted by Gasteiger charge is -2.50. The van der Waals surface area contributed by atoms with E-state index < -0.39 is 35.4 Å². The molecule has 0 radical (unpaired) electrons. The summed E-state index contributed by atoms with van der Waals surface area (Å²) in [6.45, 7) is 8.06. The van der Waals surface area contributed by atoms with Crippen LogP contribution in [0.2, 0.25) is 0 Å². The fourth-order valence-corrected chi connectivity index (χ4v) is 8.95. The van der Waals surface area contributed by atoms with Crippen LogP contribution in [0.5, 0.6) is 0 Å². The van der Waals surface area contributed by atoms with Gasteiger partial charge in [0, 0.05) is 50.3 Å². The van der Waals surface area contributed by atoms with E-state index in [1.807, 2.05) is 35.2 Å². The van der Waals surface area contributed by atoms with Crippen molar-refractivity contribution in [1.82, 2.24) is 24.9 Å². The van der Waals surface area contributed by atoms with E-state index in [9.17, 15) is 24.3 Å². The molecule has 3 saturated carbocycles. The third-order valence-electron chi connectivity index (χ3n) is 12.7. The van der Waals surface area contributed by atoms with Crippen LogP contribution in [0.3, 0.4) is 0 Å². The summed E-state index contributed by atoms with van der Waals surface area (Å²) in [5.74, 6) is -1.99. The molecule has 5 aliphatic rings. The lowest BCUT2D eigenvalue weighted by atomic mass is 9.59. The second-order valence-corrected chi connectivity index (χ2v) is 16.6. The number of carbonyl (C=O) groups excluding carboxylic acids is 3. The quantitative estimate of drug-likeness (QED) is 0.365. The van der Waals surface area contributed by atoms with E-state index in [1.54, 1.807) is 28.9 Å². The normalized spacial score (nSPS) is 26.1. The third-order valence-corrected chi connectivity index (χ3v) is 12.7. The van der Waals surface area contributed by atoms with Crippen molar-refractivity contribution in [3.8, 4) is 0 Å². The van der Waals surface area contributed by atoms with Gasteiger partial charge in [-0.25, -0.2) is 4.79 Å². The summed E-state index contributed by atoms with van der Waals surface area (Å²) < 4.78 is 7.84. The highest BCUT2D eigenvalue weighted by Crippen LogP contribution is 2.55. The number of nitrogens with zero attached hydrogens (tertiary/aromatic N) is 4. The Hall–Kier alpha value is -3.73. The average Bonchev–Trinajstić information content (AvgIpc) is 3.35. The van der Waals surface area contributed by atoms with Gasteiger partial charge < -0.3 is 25.0 Å². The first kappa shape index (κ1) is 33.8. The molecule has 264 valence electrons. The smallest absolute Gasteiger partial charge is 0.328 e. The minimum atomic E-state index is -1.22. The first-order valence-corrected chi connectivity index (χ1v) is 18.2. The number of aromatic nitrogens is 2. The Morgan fingerprint density at radius 3 is 2.29 bits per heavy atom. The van der Waals surface area contributed by atoms with Crippen LogP contribution in [-0.4, -0.2) is 93.3 Å². The van der Waals surface area contributed by atoms with Crippen molar-refractivity contribution in [2.45, 2.75) is 90.8 Å². The van der Waals surface area contributed by atoms with Gasteiger partial charge in [-0.1, -0.05) is 50.6 Å². The van der Waals surface area contributed by atoms with E-state index in [-0.39, 0.29) is 29.7 Å². The average molecular weight is 674 g/mol. The number of aliphatic carboxylic acids is 1. The fraction of sp³-hybridized carbons (Fsp3) is 0.658. The highest BCUT2D eigenvalue weighted by molar-refractivity contribution is 5.95. The molecule has 3 amide bonds. The molecule has 3 aliphatic carbocycles. The van der Waals surface area contributed by atoms with Gasteiger partial charge in [0.15, 0.2) is 6.04 Å². The molecule has 2 aliphatic heterocycles. The van der Waals surface area contributed by atoms with Crippen LogP contribution in [0.25, 0.3) is 0 Å². The Balaban J connectivity index is 1.02. The molecule has 2 saturated heterocycles. The number of nitrogens with one attached hydrogen (secondary N) is 1. The number of carbonyl (C=O) groups is 4. The van der Waals surface area contributed by atoms with Gasteiger partial charge in [0.1, 0.15) is 0 Å². The van der Waals surface area contributed by atoms with Crippen LogP contribution in [0.1, 0.15) is 88.1 Å². The molecule has 1 aromatic carbocycles. The first-order chi connectivity index (χ1) is 23.4. The first-order valence-electron chi connectivity index (χ1n) is 18.2. The van der Waals surface area contributed by atoms with Gasteiger partial charge in [0.2, 0.25) is 11.8 Å². The number of hydrogen-bond acceptors (Lipinski definition) is 6. The Morgan fingerprint density at radius 1 is 1.00 bits per heavy atom. The summed E-state index contributed by atoms with van der Waals surface area (Å²) in [5, 5.41) is 17.4. The van der Waals surface area contributed by atoms with Crippen LogP contribution in [0, 0.1) is 34.0 Å². The van der Waals surface area contributed by atoms with Crippen LogP contribution in [0.15, 0.2) is 42.7 Å². The zero-order valence-electron chi connectivity index (χ0n) is 29.1. The Labute approximate surface area is 288 Å². The number of benzene rings is 1. The lowest BCUT2D eigenvalue weighted by molar-refractivity contribution is -0.154. The van der Waals surface area contributed by atoms with Gasteiger partial charge in [-0.05, 0) is 74.2 Å². The van der Waals surface area contributed by atoms with Crippen LogP contribution >= 0.6 is 0 Å². The summed E-state index contributed by atoms with van der Waals surface area (Å²) in [6.07, 6.45) is 12.0. The second kappa shape index (κ2) is 12.9. The van der Waals surface area contributed by atoms with Crippen molar-refractivity contribution >= 4 is 23.7 Å². The van der Waals surface area contributed by atoms with Crippen molar-refractivity contribution in [3.63, 3.8) is 0 Å². The summed E-state index contributed by atoms with van der Waals surface area (Å²) in [6, 6.07) is 8.64. The Bertz CT molecular complexity index is 1570. The number of likely N-dealkylation sites (tertiary alicyclic amines) is 2. The number of carboxylic acid groups (broad SMARTS) is 1. The largest absolute Gasteiger partial charge is 0.480 e. The van der Waals surface area contributed by atoms with E-state index in [1.165, 1.54) is 32.1 Å². The van der Waals surface area contributed by atoms with Gasteiger partial charge in [-0.3, -0.25) is 19.1 Å². The monoisotopic (exact) mass is 673 g/mol. The number of rotatable bonds is 11. The summed E-state index contributed by atoms with van der Waals surface area (Å²) in [4.78, 5) is 57.1. The number of amides is 3. The van der Waals surface area contributed by atoms with Crippen LogP contribution in [-0.2, 0) is 25.7 Å². The van der Waals surface area contributed by atoms with E-state index in [0.29, 0.717) is 49.7 Å². The molecule has 2 aromatic rings. The zero-order chi connectivity index (χ0) is 34.6. The second-order valence-electron chi connectivity index (χ2n) is 16.6. The minimum Gasteiger partial charge on any atom is -0.480 e. The maximum absolute atomic E-state index is 14.0. The Morgan fingerprint density at radius 2 is 1.67 bits per heavy atom. The molecule has 3 heterocycles. The van der Waals surface area contributed by atoms with Crippen molar-refractivity contribution < 1.29 is 29.0 Å². The summed E-state index contributed by atoms with van der Waals surface area (Å²) in [5.41, 5.74) is 1.36. The molecule has 2 spiro atoms. The van der Waals surface area contributed by atoms with Crippen LogP contribution < -0.4 is 5.32 Å². The van der Waals surface area contributed by atoms with E-state index >= 15 is 0 Å². The lowest BCUT2D eigenvalue weighted by Crippen LogP contribution is -2.65. The van der Waals surface area contributed by atoms with Gasteiger partial charge >= 0.3 is 5.97 Å². The van der Waals surface area contributed by atoms with Gasteiger partial charge in [-0.15, -0.1) is 0 Å². The summed E-state index contributed by atoms with van der Waals surface area (Å²) >= 11 is 0. The summed E-state index contributed by atoms with van der Waals surface area (Å²) in [7, 11) is 0. The molecule has 4 atom stereocenters. The highest BCUT2D eigenvalue weighted by Gasteiger charge is 2.62. The van der Waals surface area contributed by atoms with Crippen molar-refractivity contribution in [3.05, 3.63) is 53.9 Å². The molecule has 11 nitrogen and oxygen atoms in total.